The van der Waals surface area contributed by atoms with E-state index in [9.17, 15) is 10.1 Å². The maximum atomic E-state index is 12.5. The monoisotopic (exact) mass is 398 g/mol. The summed E-state index contributed by atoms with van der Waals surface area (Å²) in [5, 5.41) is 16.4. The van der Waals surface area contributed by atoms with Crippen LogP contribution in [0.4, 0.5) is 0 Å². The van der Waals surface area contributed by atoms with Gasteiger partial charge in [-0.15, -0.1) is 11.3 Å². The highest BCUT2D eigenvalue weighted by Crippen LogP contribution is 2.23. The summed E-state index contributed by atoms with van der Waals surface area (Å²) in [6.45, 7) is 10.4. The van der Waals surface area contributed by atoms with Gasteiger partial charge < -0.3 is 10.6 Å². The molecule has 0 saturated heterocycles. The maximum Gasteiger partial charge on any atom is 0.276 e. The molecule has 0 unspecified atom stereocenters. The predicted octanol–water partition coefficient (Wildman–Crippen LogP) is 3.65. The smallest absolute Gasteiger partial charge is 0.276 e. The largest absolute Gasteiger partial charge is 0.333 e. The fraction of sp³-hybridized carbons (Fsp3) is 0.478. The van der Waals surface area contributed by atoms with Gasteiger partial charge in [0.15, 0.2) is 6.54 Å². The first-order valence-electron chi connectivity index (χ1n) is 9.93. The summed E-state index contributed by atoms with van der Waals surface area (Å²) in [5.74, 6) is 0.559. The maximum absolute atomic E-state index is 12.5. The van der Waals surface area contributed by atoms with Crippen LogP contribution in [-0.4, -0.2) is 18.0 Å². The van der Waals surface area contributed by atoms with E-state index in [-0.39, 0.29) is 24.4 Å². The average molecular weight is 399 g/mol. The molecule has 1 amide bonds. The molecule has 2 aromatic rings. The normalized spacial score (nSPS) is 14.5. The van der Waals surface area contributed by atoms with Gasteiger partial charge in [-0.1, -0.05) is 58.0 Å². The second kappa shape index (κ2) is 9.86. The van der Waals surface area contributed by atoms with Crippen molar-refractivity contribution >= 4 is 17.2 Å². The Labute approximate surface area is 173 Å². The van der Waals surface area contributed by atoms with E-state index < -0.39 is 5.54 Å². The van der Waals surface area contributed by atoms with Crippen LogP contribution < -0.4 is 10.6 Å². The third kappa shape index (κ3) is 5.92. The average Bonchev–Trinajstić information content (AvgIpc) is 3.17. The lowest BCUT2D eigenvalue weighted by molar-refractivity contribution is -0.676. The highest BCUT2D eigenvalue weighted by Gasteiger charge is 2.31. The number of nitrogens with one attached hydrogen (secondary N) is 1. The van der Waals surface area contributed by atoms with Gasteiger partial charge in [-0.3, -0.25) is 4.79 Å². The number of amides is 1. The van der Waals surface area contributed by atoms with Crippen LogP contribution in [0.15, 0.2) is 41.8 Å². The van der Waals surface area contributed by atoms with Crippen LogP contribution in [0.5, 0.6) is 0 Å². The van der Waals surface area contributed by atoms with Gasteiger partial charge in [0.1, 0.15) is 11.6 Å². The molecule has 0 saturated carbocycles. The molecule has 0 radical (unpaired) electrons. The third-order valence-corrected chi connectivity index (χ3v) is 6.11. The van der Waals surface area contributed by atoms with Crippen molar-refractivity contribution in [3.8, 4) is 6.07 Å². The minimum atomic E-state index is -0.845. The molecule has 150 valence electrons. The van der Waals surface area contributed by atoms with Gasteiger partial charge in [0.25, 0.3) is 5.91 Å². The number of rotatable bonds is 9. The molecule has 0 fully saturated rings. The van der Waals surface area contributed by atoms with Gasteiger partial charge in [-0.25, -0.2) is 0 Å². The number of carbonyl (C=O) groups excluding carboxylic acids is 1. The van der Waals surface area contributed by atoms with Crippen LogP contribution >= 0.6 is 11.3 Å². The lowest BCUT2D eigenvalue weighted by Gasteiger charge is -2.27. The van der Waals surface area contributed by atoms with Crippen molar-refractivity contribution in [1.29, 1.82) is 5.26 Å². The molecule has 0 aliphatic carbocycles. The van der Waals surface area contributed by atoms with E-state index in [1.807, 2.05) is 19.9 Å². The van der Waals surface area contributed by atoms with Gasteiger partial charge in [-0.2, -0.15) is 5.26 Å². The summed E-state index contributed by atoms with van der Waals surface area (Å²) in [6, 6.07) is 15.2. The molecule has 0 spiro atoms. The van der Waals surface area contributed by atoms with Gasteiger partial charge >= 0.3 is 0 Å². The summed E-state index contributed by atoms with van der Waals surface area (Å²) < 4.78 is 0. The van der Waals surface area contributed by atoms with Gasteiger partial charge in [-0.05, 0) is 42.2 Å². The number of carbonyl (C=O) groups is 1. The molecule has 28 heavy (non-hydrogen) atoms. The van der Waals surface area contributed by atoms with Crippen molar-refractivity contribution in [2.24, 2.45) is 11.8 Å². The number of benzene rings is 1. The zero-order valence-electron chi connectivity index (χ0n) is 17.5. The first-order valence-corrected chi connectivity index (χ1v) is 10.8. The first-order chi connectivity index (χ1) is 13.2. The summed E-state index contributed by atoms with van der Waals surface area (Å²) in [5.41, 5.74) is 1.68. The Hall–Kier alpha value is -2.16. The SMILES string of the molecule is CC(C)Cc1ccc([C@@H]([NH2+]CC(=O)N[C@](C)(C#N)C(C)C)c2cccs2)cc1. The Morgan fingerprint density at radius 2 is 1.89 bits per heavy atom. The highest BCUT2D eigenvalue weighted by atomic mass is 32.1. The third-order valence-electron chi connectivity index (χ3n) is 5.16. The lowest BCUT2D eigenvalue weighted by Crippen LogP contribution is -2.88. The topological polar surface area (TPSA) is 69.5 Å². The Balaban J connectivity index is 2.11. The summed E-state index contributed by atoms with van der Waals surface area (Å²) in [7, 11) is 0. The molecule has 0 aliphatic heterocycles. The quantitative estimate of drug-likeness (QED) is 0.677. The van der Waals surface area contributed by atoms with Crippen LogP contribution in [-0.2, 0) is 11.2 Å². The van der Waals surface area contributed by atoms with Gasteiger partial charge in [0, 0.05) is 5.56 Å². The number of nitrogens with zero attached hydrogens (tertiary/aromatic N) is 1. The Morgan fingerprint density at radius 3 is 2.39 bits per heavy atom. The molecular weight excluding hydrogens is 366 g/mol. The van der Waals surface area contributed by atoms with E-state index in [0.29, 0.717) is 5.92 Å². The van der Waals surface area contributed by atoms with E-state index in [1.165, 1.54) is 16.0 Å². The number of nitrogens with two attached hydrogens (primary N) is 1. The first kappa shape index (κ1) is 22.1. The molecule has 0 aliphatic rings. The fourth-order valence-electron chi connectivity index (χ4n) is 3.08. The van der Waals surface area contributed by atoms with E-state index in [2.05, 4.69) is 66.3 Å². The summed E-state index contributed by atoms with van der Waals surface area (Å²) in [6.07, 6.45) is 1.07. The van der Waals surface area contributed by atoms with Gasteiger partial charge in [0.2, 0.25) is 0 Å². The van der Waals surface area contributed by atoms with E-state index in [4.69, 9.17) is 0 Å². The van der Waals surface area contributed by atoms with Crippen molar-refractivity contribution in [3.05, 3.63) is 57.8 Å². The molecule has 1 aromatic carbocycles. The fourth-order valence-corrected chi connectivity index (χ4v) is 3.93. The standard InChI is InChI=1S/C23H31N3OS/c1-16(2)13-18-8-10-19(11-9-18)22(20-7-6-12-28-20)25-14-21(27)26-23(5,15-24)17(3)4/h6-12,16-17,22,25H,13-14H2,1-5H3,(H,26,27)/p+1/t22-,23-/m1/s1. The molecule has 0 bridgehead atoms. The van der Waals surface area contributed by atoms with Crippen LogP contribution in [0, 0.1) is 23.2 Å². The van der Waals surface area contributed by atoms with Crippen LogP contribution in [0.2, 0.25) is 0 Å². The van der Waals surface area contributed by atoms with Crippen molar-refractivity contribution in [2.45, 2.75) is 52.6 Å². The van der Waals surface area contributed by atoms with Crippen molar-refractivity contribution < 1.29 is 10.1 Å². The lowest BCUT2D eigenvalue weighted by atomic mass is 9.90. The predicted molar refractivity (Wildman–Crippen MR) is 115 cm³/mol. The number of thiophene rings is 1. The van der Waals surface area contributed by atoms with Crippen molar-refractivity contribution in [3.63, 3.8) is 0 Å². The van der Waals surface area contributed by atoms with Crippen LogP contribution in [0.3, 0.4) is 0 Å². The summed E-state index contributed by atoms with van der Waals surface area (Å²) >= 11 is 1.70. The number of nitriles is 1. The number of quaternary nitrogens is 1. The molecule has 1 heterocycles. The molecule has 3 N–H and O–H groups in total. The van der Waals surface area contributed by atoms with Crippen molar-refractivity contribution in [2.75, 3.05) is 6.54 Å². The second-order valence-corrected chi connectivity index (χ2v) is 9.27. The Bertz CT molecular complexity index is 790. The summed E-state index contributed by atoms with van der Waals surface area (Å²) in [4.78, 5) is 13.7. The zero-order chi connectivity index (χ0) is 20.7. The Morgan fingerprint density at radius 1 is 1.21 bits per heavy atom. The minimum Gasteiger partial charge on any atom is -0.333 e. The molecular formula is C23H32N3OS+. The molecule has 4 nitrogen and oxygen atoms in total. The van der Waals surface area contributed by atoms with E-state index in [1.54, 1.807) is 18.3 Å². The molecule has 2 atom stereocenters. The van der Waals surface area contributed by atoms with E-state index in [0.717, 1.165) is 6.42 Å². The highest BCUT2D eigenvalue weighted by molar-refractivity contribution is 7.10. The Kier molecular flexibility index (Phi) is 7.79. The van der Waals surface area contributed by atoms with Crippen LogP contribution in [0.25, 0.3) is 0 Å². The van der Waals surface area contributed by atoms with Crippen LogP contribution in [0.1, 0.15) is 56.7 Å². The minimum absolute atomic E-state index is 0.0445. The molecule has 2 rings (SSSR count). The molecule has 1 aromatic heterocycles. The zero-order valence-corrected chi connectivity index (χ0v) is 18.3. The second-order valence-electron chi connectivity index (χ2n) is 8.29. The molecule has 5 heteroatoms. The number of hydrogen-bond donors (Lipinski definition) is 2. The van der Waals surface area contributed by atoms with E-state index >= 15 is 0 Å². The number of hydrogen-bond acceptors (Lipinski definition) is 3. The van der Waals surface area contributed by atoms with Gasteiger partial charge in [0.05, 0.1) is 10.9 Å². The van der Waals surface area contributed by atoms with Crippen molar-refractivity contribution in [1.82, 2.24) is 5.32 Å².